The van der Waals surface area contributed by atoms with Gasteiger partial charge in [-0.2, -0.15) is 0 Å². The summed E-state index contributed by atoms with van der Waals surface area (Å²) in [5.41, 5.74) is 1.13. The van der Waals surface area contributed by atoms with Gasteiger partial charge in [0.05, 0.1) is 6.61 Å². The molecule has 150 valence electrons. The molecule has 1 amide bonds. The third-order valence-corrected chi connectivity index (χ3v) is 6.83. The Morgan fingerprint density at radius 1 is 1.26 bits per heavy atom. The molecule has 0 aromatic heterocycles. The number of halogens is 1. The topological polar surface area (TPSA) is 38.8 Å². The first-order valence-corrected chi connectivity index (χ1v) is 10.8. The maximum atomic E-state index is 12.3. The molecule has 0 N–H and O–H groups in total. The van der Waals surface area contributed by atoms with Gasteiger partial charge in [0.2, 0.25) is 0 Å². The summed E-state index contributed by atoms with van der Waals surface area (Å²) < 4.78 is 12.8. The average molecular weight is 438 g/mol. The lowest BCUT2D eigenvalue weighted by Gasteiger charge is -2.40. The van der Waals surface area contributed by atoms with Crippen molar-refractivity contribution in [3.63, 3.8) is 0 Å². The molecule has 1 aliphatic heterocycles. The predicted molar refractivity (Wildman–Crippen MR) is 111 cm³/mol. The first-order chi connectivity index (χ1) is 12.7. The highest BCUT2D eigenvalue weighted by molar-refractivity contribution is 9.10. The van der Waals surface area contributed by atoms with E-state index in [2.05, 4.69) is 22.9 Å². The number of likely N-dealkylation sites (tertiary alicyclic amines) is 1. The Kier molecular flexibility index (Phi) is 6.09. The lowest BCUT2D eigenvalue weighted by atomic mass is 9.76. The van der Waals surface area contributed by atoms with Gasteiger partial charge in [0.25, 0.3) is 0 Å². The molecule has 1 atom stereocenters. The van der Waals surface area contributed by atoms with Crippen LogP contribution in [0.1, 0.15) is 58.4 Å². The van der Waals surface area contributed by atoms with Crippen LogP contribution in [0.4, 0.5) is 4.79 Å². The molecule has 1 aliphatic carbocycles. The molecule has 0 bridgehead atoms. The van der Waals surface area contributed by atoms with Gasteiger partial charge in [-0.3, -0.25) is 0 Å². The van der Waals surface area contributed by atoms with E-state index in [1.807, 2.05) is 43.9 Å². The third-order valence-electron chi connectivity index (χ3n) is 5.97. The maximum absolute atomic E-state index is 12.3. The van der Waals surface area contributed by atoms with Crippen molar-refractivity contribution < 1.29 is 14.3 Å². The van der Waals surface area contributed by atoms with Gasteiger partial charge in [-0.05, 0) is 83.3 Å². The van der Waals surface area contributed by atoms with Crippen LogP contribution >= 0.6 is 15.9 Å². The zero-order valence-corrected chi connectivity index (χ0v) is 18.6. The zero-order valence-electron chi connectivity index (χ0n) is 17.0. The van der Waals surface area contributed by atoms with Gasteiger partial charge in [0, 0.05) is 23.1 Å². The van der Waals surface area contributed by atoms with E-state index in [0.717, 1.165) is 48.3 Å². The first-order valence-electron chi connectivity index (χ1n) is 10.0. The fourth-order valence-corrected chi connectivity index (χ4v) is 4.71. The number of carbonyl (C=O) groups excluding carboxylic acids is 1. The predicted octanol–water partition coefficient (Wildman–Crippen LogP) is 5.95. The molecular weight excluding hydrogens is 406 g/mol. The highest BCUT2D eigenvalue weighted by atomic mass is 79.9. The quantitative estimate of drug-likeness (QED) is 0.585. The Morgan fingerprint density at radius 2 is 1.96 bits per heavy atom. The van der Waals surface area contributed by atoms with E-state index in [1.54, 1.807) is 0 Å². The minimum absolute atomic E-state index is 0.166. The summed E-state index contributed by atoms with van der Waals surface area (Å²) in [5.74, 6) is 1.58. The largest absolute Gasteiger partial charge is 0.493 e. The highest BCUT2D eigenvalue weighted by Gasteiger charge is 2.42. The van der Waals surface area contributed by atoms with Crippen LogP contribution in [0.25, 0.3) is 0 Å². The fraction of sp³-hybridized carbons (Fsp3) is 0.682. The van der Waals surface area contributed by atoms with E-state index < -0.39 is 5.60 Å². The van der Waals surface area contributed by atoms with Crippen molar-refractivity contribution in [2.75, 3.05) is 19.7 Å². The van der Waals surface area contributed by atoms with Gasteiger partial charge >= 0.3 is 6.09 Å². The molecule has 5 heteroatoms. The standard InChI is InChI=1S/C22H32BrNO3/c1-16-18(23)6-5-7-19(16)26-15-17-8-9-22(14-17)10-12-24(13-11-22)20(25)27-21(2,3)4/h5-7,17H,8-15H2,1-4H3. The van der Waals surface area contributed by atoms with Gasteiger partial charge in [0.15, 0.2) is 0 Å². The minimum atomic E-state index is -0.424. The molecule has 1 saturated heterocycles. The smallest absolute Gasteiger partial charge is 0.410 e. The van der Waals surface area contributed by atoms with Crippen LogP contribution in [0, 0.1) is 18.3 Å². The Balaban J connectivity index is 1.48. The zero-order chi connectivity index (χ0) is 19.7. The van der Waals surface area contributed by atoms with Crippen molar-refractivity contribution in [3.05, 3.63) is 28.2 Å². The molecule has 2 fully saturated rings. The van der Waals surface area contributed by atoms with Gasteiger partial charge in [-0.15, -0.1) is 0 Å². The minimum Gasteiger partial charge on any atom is -0.493 e. The lowest BCUT2D eigenvalue weighted by molar-refractivity contribution is 0.00999. The molecule has 4 nitrogen and oxygen atoms in total. The Labute approximate surface area is 171 Å². The Hall–Kier alpha value is -1.23. The maximum Gasteiger partial charge on any atom is 0.410 e. The number of hydrogen-bond acceptors (Lipinski definition) is 3. The summed E-state index contributed by atoms with van der Waals surface area (Å²) in [5, 5.41) is 0. The van der Waals surface area contributed by atoms with Crippen LogP contribution in [0.3, 0.4) is 0 Å². The van der Waals surface area contributed by atoms with Crippen LogP contribution in [0.2, 0.25) is 0 Å². The molecule has 2 aliphatic rings. The van der Waals surface area contributed by atoms with Crippen LogP contribution in [-0.2, 0) is 4.74 Å². The first kappa shape index (κ1) is 20.5. The van der Waals surface area contributed by atoms with E-state index in [0.29, 0.717) is 11.3 Å². The summed E-state index contributed by atoms with van der Waals surface area (Å²) in [6.07, 6.45) is 5.68. The molecule has 27 heavy (non-hydrogen) atoms. The van der Waals surface area contributed by atoms with Gasteiger partial charge in [-0.25, -0.2) is 4.79 Å². The summed E-state index contributed by atoms with van der Waals surface area (Å²) in [4.78, 5) is 14.2. The van der Waals surface area contributed by atoms with Gasteiger partial charge in [-0.1, -0.05) is 22.0 Å². The number of carbonyl (C=O) groups is 1. The van der Waals surface area contributed by atoms with Gasteiger partial charge < -0.3 is 14.4 Å². The summed E-state index contributed by atoms with van der Waals surface area (Å²) in [6.45, 7) is 10.3. The molecular formula is C22H32BrNO3. The summed E-state index contributed by atoms with van der Waals surface area (Å²) in [6, 6.07) is 6.12. The van der Waals surface area contributed by atoms with E-state index in [-0.39, 0.29) is 6.09 Å². The Bertz CT molecular complexity index is 675. The number of amides is 1. The van der Waals surface area contributed by atoms with Crippen molar-refractivity contribution in [2.45, 2.75) is 65.4 Å². The summed E-state index contributed by atoms with van der Waals surface area (Å²) in [7, 11) is 0. The van der Waals surface area contributed by atoms with E-state index in [9.17, 15) is 4.79 Å². The van der Waals surface area contributed by atoms with E-state index in [4.69, 9.17) is 9.47 Å². The molecule has 1 heterocycles. The number of nitrogens with zero attached hydrogens (tertiary/aromatic N) is 1. The average Bonchev–Trinajstić information content (AvgIpc) is 2.98. The number of ether oxygens (including phenoxy) is 2. The third kappa shape index (κ3) is 5.18. The second kappa shape index (κ2) is 8.02. The van der Waals surface area contributed by atoms with Crippen molar-refractivity contribution in [2.24, 2.45) is 11.3 Å². The number of rotatable bonds is 3. The van der Waals surface area contributed by atoms with Crippen molar-refractivity contribution >= 4 is 22.0 Å². The van der Waals surface area contributed by atoms with Gasteiger partial charge in [0.1, 0.15) is 11.4 Å². The number of benzene rings is 1. The van der Waals surface area contributed by atoms with E-state index in [1.165, 1.54) is 19.3 Å². The summed E-state index contributed by atoms with van der Waals surface area (Å²) >= 11 is 3.57. The highest BCUT2D eigenvalue weighted by Crippen LogP contribution is 2.49. The Morgan fingerprint density at radius 3 is 2.63 bits per heavy atom. The fourth-order valence-electron chi connectivity index (χ4n) is 4.36. The molecule has 1 aromatic carbocycles. The normalized spacial score (nSPS) is 22.1. The monoisotopic (exact) mass is 437 g/mol. The SMILES string of the molecule is Cc1c(Br)cccc1OCC1CCC2(CCN(C(=O)OC(C)(C)C)CC2)C1. The van der Waals surface area contributed by atoms with E-state index >= 15 is 0 Å². The van der Waals surface area contributed by atoms with Crippen LogP contribution in [0.5, 0.6) is 5.75 Å². The molecule has 1 saturated carbocycles. The second-order valence-electron chi connectivity index (χ2n) is 9.25. The molecule has 3 rings (SSSR count). The molecule has 1 aromatic rings. The lowest BCUT2D eigenvalue weighted by Crippen LogP contribution is -2.44. The van der Waals surface area contributed by atoms with Crippen LogP contribution in [-0.4, -0.2) is 36.3 Å². The molecule has 1 unspecified atom stereocenters. The number of hydrogen-bond donors (Lipinski definition) is 0. The molecule has 0 radical (unpaired) electrons. The number of piperidine rings is 1. The van der Waals surface area contributed by atoms with Crippen LogP contribution in [0.15, 0.2) is 22.7 Å². The molecule has 1 spiro atoms. The second-order valence-corrected chi connectivity index (χ2v) is 10.1. The van der Waals surface area contributed by atoms with Crippen molar-refractivity contribution in [1.82, 2.24) is 4.90 Å². The van der Waals surface area contributed by atoms with Crippen molar-refractivity contribution in [3.8, 4) is 5.75 Å². The van der Waals surface area contributed by atoms with Crippen molar-refractivity contribution in [1.29, 1.82) is 0 Å². The van der Waals surface area contributed by atoms with Crippen LogP contribution < -0.4 is 4.74 Å².